The highest BCUT2D eigenvalue weighted by Crippen LogP contribution is 2.27. The van der Waals surface area contributed by atoms with Gasteiger partial charge in [0.1, 0.15) is 0 Å². The van der Waals surface area contributed by atoms with Gasteiger partial charge in [0.05, 0.1) is 18.2 Å². The summed E-state index contributed by atoms with van der Waals surface area (Å²) in [5.41, 5.74) is 1.98. The Balaban J connectivity index is 2.47. The molecular formula is C12H14ClN3OS. The van der Waals surface area contributed by atoms with Gasteiger partial charge in [-0.25, -0.2) is 0 Å². The van der Waals surface area contributed by atoms with Crippen LogP contribution in [0.5, 0.6) is 0 Å². The number of nitrogens with one attached hydrogen (secondary N) is 1. The molecule has 0 atom stereocenters. The van der Waals surface area contributed by atoms with Crippen LogP contribution in [0.15, 0.2) is 18.2 Å². The van der Waals surface area contributed by atoms with Crippen molar-refractivity contribution in [1.29, 1.82) is 0 Å². The summed E-state index contributed by atoms with van der Waals surface area (Å²) < 4.78 is 7.52. The fourth-order valence-corrected chi connectivity index (χ4v) is 2.26. The minimum atomic E-state index is 0.568. The molecule has 2 aromatic rings. The summed E-state index contributed by atoms with van der Waals surface area (Å²) in [7, 11) is 1.65. The third kappa shape index (κ3) is 2.63. The predicted molar refractivity (Wildman–Crippen MR) is 74.5 cm³/mol. The lowest BCUT2D eigenvalue weighted by molar-refractivity contribution is 0.187. The monoisotopic (exact) mass is 283 g/mol. The number of H-pyrrole nitrogens is 1. The maximum absolute atomic E-state index is 6.25. The van der Waals surface area contributed by atoms with E-state index in [-0.39, 0.29) is 0 Å². The molecule has 0 saturated heterocycles. The molecule has 0 saturated carbocycles. The molecule has 4 nitrogen and oxygen atoms in total. The first-order valence-electron chi connectivity index (χ1n) is 5.54. The van der Waals surface area contributed by atoms with Gasteiger partial charge in [0, 0.05) is 12.7 Å². The number of halogens is 1. The molecule has 0 radical (unpaired) electrons. The van der Waals surface area contributed by atoms with Gasteiger partial charge in [-0.3, -0.25) is 9.67 Å². The van der Waals surface area contributed by atoms with Crippen LogP contribution < -0.4 is 0 Å². The average Bonchev–Trinajstić information content (AvgIpc) is 2.68. The highest BCUT2D eigenvalue weighted by molar-refractivity contribution is 7.71. The summed E-state index contributed by atoms with van der Waals surface area (Å²) in [6.07, 6.45) is 0. The maximum Gasteiger partial charge on any atom is 0.195 e. The first kappa shape index (κ1) is 13.3. The number of rotatable bonds is 4. The van der Waals surface area contributed by atoms with Crippen molar-refractivity contribution in [2.45, 2.75) is 13.5 Å². The Bertz CT molecular complexity index is 606. The zero-order valence-electron chi connectivity index (χ0n) is 10.2. The third-order valence-electron chi connectivity index (χ3n) is 2.64. The van der Waals surface area contributed by atoms with E-state index in [1.165, 1.54) is 0 Å². The summed E-state index contributed by atoms with van der Waals surface area (Å²) in [6, 6.07) is 5.86. The van der Waals surface area contributed by atoms with Crippen LogP contribution in [0.2, 0.25) is 5.02 Å². The van der Waals surface area contributed by atoms with E-state index in [1.807, 2.05) is 29.7 Å². The van der Waals surface area contributed by atoms with Crippen LogP contribution in [0.1, 0.15) is 5.56 Å². The van der Waals surface area contributed by atoms with Gasteiger partial charge in [-0.15, -0.1) is 0 Å². The van der Waals surface area contributed by atoms with E-state index in [4.69, 9.17) is 28.6 Å². The molecule has 1 aromatic carbocycles. The molecule has 0 aliphatic carbocycles. The standard InChI is InChI=1S/C12H14ClN3OS/c1-8-3-4-9(10(13)7-8)11-14-15-12(18)16(11)5-6-17-2/h3-4,7H,5-6H2,1-2H3,(H,15,18). The lowest BCUT2D eigenvalue weighted by Gasteiger charge is -2.08. The first-order chi connectivity index (χ1) is 8.63. The Hall–Kier alpha value is -1.17. The Morgan fingerprint density at radius 3 is 2.94 bits per heavy atom. The van der Waals surface area contributed by atoms with Crippen molar-refractivity contribution in [3.8, 4) is 11.4 Å². The summed E-state index contributed by atoms with van der Waals surface area (Å²) in [5.74, 6) is 0.738. The van der Waals surface area contributed by atoms with Crippen molar-refractivity contribution in [2.75, 3.05) is 13.7 Å². The van der Waals surface area contributed by atoms with Crippen LogP contribution in [0.3, 0.4) is 0 Å². The molecule has 0 fully saturated rings. The number of methoxy groups -OCH3 is 1. The molecule has 0 amide bonds. The predicted octanol–water partition coefficient (Wildman–Crippen LogP) is 3.22. The number of aromatic amines is 1. The SMILES string of the molecule is COCCn1c(-c2ccc(C)cc2Cl)n[nH]c1=S. The van der Waals surface area contributed by atoms with Crippen molar-refractivity contribution in [3.05, 3.63) is 33.6 Å². The average molecular weight is 284 g/mol. The molecule has 0 spiro atoms. The molecule has 1 aromatic heterocycles. The molecular weight excluding hydrogens is 270 g/mol. The van der Waals surface area contributed by atoms with Crippen LogP contribution in [-0.4, -0.2) is 28.5 Å². The lowest BCUT2D eigenvalue weighted by atomic mass is 10.1. The summed E-state index contributed by atoms with van der Waals surface area (Å²) >= 11 is 11.4. The third-order valence-corrected chi connectivity index (χ3v) is 3.27. The summed E-state index contributed by atoms with van der Waals surface area (Å²) in [4.78, 5) is 0. The molecule has 6 heteroatoms. The number of benzene rings is 1. The molecule has 1 heterocycles. The summed E-state index contributed by atoms with van der Waals surface area (Å²) in [6.45, 7) is 3.22. The van der Waals surface area contributed by atoms with Gasteiger partial charge in [0.15, 0.2) is 10.6 Å². The van der Waals surface area contributed by atoms with Crippen LogP contribution in [0.4, 0.5) is 0 Å². The highest BCUT2D eigenvalue weighted by atomic mass is 35.5. The van der Waals surface area contributed by atoms with E-state index in [0.29, 0.717) is 22.9 Å². The second kappa shape index (κ2) is 5.65. The number of nitrogens with zero attached hydrogens (tertiary/aromatic N) is 2. The zero-order valence-corrected chi connectivity index (χ0v) is 11.8. The second-order valence-electron chi connectivity index (χ2n) is 3.98. The molecule has 2 rings (SSSR count). The minimum absolute atomic E-state index is 0.568. The van der Waals surface area contributed by atoms with Crippen molar-refractivity contribution >= 4 is 23.8 Å². The van der Waals surface area contributed by atoms with Crippen molar-refractivity contribution in [1.82, 2.24) is 14.8 Å². The fraction of sp³-hybridized carbons (Fsp3) is 0.333. The molecule has 18 heavy (non-hydrogen) atoms. The van der Waals surface area contributed by atoms with Crippen LogP contribution in [0.25, 0.3) is 11.4 Å². The smallest absolute Gasteiger partial charge is 0.195 e. The van der Waals surface area contributed by atoms with Crippen LogP contribution >= 0.6 is 23.8 Å². The van der Waals surface area contributed by atoms with E-state index in [9.17, 15) is 0 Å². The number of aryl methyl sites for hydroxylation is 1. The number of hydrogen-bond acceptors (Lipinski definition) is 3. The molecule has 1 N–H and O–H groups in total. The largest absolute Gasteiger partial charge is 0.383 e. The Labute approximate surface area is 116 Å². The van der Waals surface area contributed by atoms with E-state index >= 15 is 0 Å². The number of aromatic nitrogens is 3. The minimum Gasteiger partial charge on any atom is -0.383 e. The molecule has 0 aliphatic rings. The quantitative estimate of drug-likeness (QED) is 0.876. The fourth-order valence-electron chi connectivity index (χ4n) is 1.71. The van der Waals surface area contributed by atoms with Gasteiger partial charge in [0.2, 0.25) is 0 Å². The van der Waals surface area contributed by atoms with E-state index in [0.717, 1.165) is 17.0 Å². The number of ether oxygens (including phenoxy) is 1. The van der Waals surface area contributed by atoms with E-state index < -0.39 is 0 Å². The molecule has 96 valence electrons. The molecule has 0 unspecified atom stereocenters. The highest BCUT2D eigenvalue weighted by Gasteiger charge is 2.11. The topological polar surface area (TPSA) is 42.8 Å². The van der Waals surface area contributed by atoms with Crippen LogP contribution in [0, 0.1) is 11.7 Å². The van der Waals surface area contributed by atoms with E-state index in [2.05, 4.69) is 10.2 Å². The van der Waals surface area contributed by atoms with Crippen molar-refractivity contribution in [3.63, 3.8) is 0 Å². The van der Waals surface area contributed by atoms with Gasteiger partial charge >= 0.3 is 0 Å². The van der Waals surface area contributed by atoms with Crippen molar-refractivity contribution in [2.24, 2.45) is 0 Å². The normalized spacial score (nSPS) is 10.8. The molecule has 0 aliphatic heterocycles. The van der Waals surface area contributed by atoms with E-state index in [1.54, 1.807) is 7.11 Å². The van der Waals surface area contributed by atoms with Crippen LogP contribution in [-0.2, 0) is 11.3 Å². The van der Waals surface area contributed by atoms with Gasteiger partial charge in [-0.2, -0.15) is 5.10 Å². The Morgan fingerprint density at radius 2 is 2.28 bits per heavy atom. The number of hydrogen-bond donors (Lipinski definition) is 1. The first-order valence-corrected chi connectivity index (χ1v) is 6.32. The molecule has 0 bridgehead atoms. The second-order valence-corrected chi connectivity index (χ2v) is 4.77. The Morgan fingerprint density at radius 1 is 1.50 bits per heavy atom. The zero-order chi connectivity index (χ0) is 13.1. The van der Waals surface area contributed by atoms with Gasteiger partial charge in [-0.1, -0.05) is 17.7 Å². The van der Waals surface area contributed by atoms with Gasteiger partial charge in [-0.05, 0) is 36.8 Å². The lowest BCUT2D eigenvalue weighted by Crippen LogP contribution is -2.06. The Kier molecular flexibility index (Phi) is 4.16. The van der Waals surface area contributed by atoms with Gasteiger partial charge in [0.25, 0.3) is 0 Å². The van der Waals surface area contributed by atoms with Crippen molar-refractivity contribution < 1.29 is 4.74 Å². The maximum atomic E-state index is 6.25. The van der Waals surface area contributed by atoms with Gasteiger partial charge < -0.3 is 4.74 Å². The summed E-state index contributed by atoms with van der Waals surface area (Å²) in [5, 5.41) is 7.69.